The van der Waals surface area contributed by atoms with Gasteiger partial charge in [0.25, 0.3) is 0 Å². The Morgan fingerprint density at radius 1 is 0.885 bits per heavy atom. The zero-order valence-corrected chi connectivity index (χ0v) is 16.7. The van der Waals surface area contributed by atoms with Gasteiger partial charge in [-0.25, -0.2) is 0 Å². The predicted molar refractivity (Wildman–Crippen MR) is 112 cm³/mol. The van der Waals surface area contributed by atoms with E-state index in [2.05, 4.69) is 93.0 Å². The highest BCUT2D eigenvalue weighted by molar-refractivity contribution is 6.07. The number of hydrogen-bond donors (Lipinski definition) is 2. The maximum atomic E-state index is 10.7. The molecule has 0 bridgehead atoms. The number of aromatic nitrogens is 1. The Morgan fingerprint density at radius 2 is 1.38 bits per heavy atom. The summed E-state index contributed by atoms with van der Waals surface area (Å²) in [5.74, 6) is 0. The number of fused-ring (bicyclic) bond motifs is 3. The summed E-state index contributed by atoms with van der Waals surface area (Å²) in [4.78, 5) is 0. The quantitative estimate of drug-likeness (QED) is 0.658. The minimum absolute atomic E-state index is 0.0000534. The van der Waals surface area contributed by atoms with E-state index in [4.69, 9.17) is 0 Å². The number of hydrogen-bond acceptors (Lipinski definition) is 2. The van der Waals surface area contributed by atoms with Gasteiger partial charge in [0.05, 0.1) is 12.6 Å². The summed E-state index contributed by atoms with van der Waals surface area (Å²) in [5.41, 5.74) is 2.62. The maximum absolute atomic E-state index is 10.7. The van der Waals surface area contributed by atoms with Gasteiger partial charge in [-0.15, -0.1) is 0 Å². The molecule has 0 unspecified atom stereocenters. The van der Waals surface area contributed by atoms with Crippen LogP contribution in [0.1, 0.15) is 41.0 Å². The standard InChI is InChI=1S/C23H32N2O/c1-22(2,3)16-23(4,5)24-14-17(26)15-25-20-12-8-6-10-18(20)19-11-7-9-13-21(19)25/h6-13,17,24,26H,14-16H2,1-5H3/t17-/m1/s1. The summed E-state index contributed by atoms with van der Waals surface area (Å²) in [7, 11) is 0. The number of nitrogens with zero attached hydrogens (tertiary/aromatic N) is 1. The second kappa shape index (κ2) is 7.05. The van der Waals surface area contributed by atoms with Crippen molar-refractivity contribution in [1.82, 2.24) is 9.88 Å². The molecule has 0 aliphatic rings. The fourth-order valence-corrected chi connectivity index (χ4v) is 4.26. The molecule has 0 saturated carbocycles. The van der Waals surface area contributed by atoms with Crippen molar-refractivity contribution in [3.63, 3.8) is 0 Å². The molecule has 0 fully saturated rings. The molecule has 1 heterocycles. The Kier molecular flexibility index (Phi) is 5.14. The molecular weight excluding hydrogens is 320 g/mol. The Bertz CT molecular complexity index is 833. The molecule has 0 aliphatic heterocycles. The molecule has 0 amide bonds. The Morgan fingerprint density at radius 3 is 1.88 bits per heavy atom. The molecule has 26 heavy (non-hydrogen) atoms. The van der Waals surface area contributed by atoms with Crippen LogP contribution in [0.3, 0.4) is 0 Å². The average Bonchev–Trinajstić information content (AvgIpc) is 2.86. The number of aliphatic hydroxyl groups excluding tert-OH is 1. The van der Waals surface area contributed by atoms with Crippen LogP contribution in [-0.2, 0) is 6.54 Å². The van der Waals surface area contributed by atoms with Crippen LogP contribution in [0.2, 0.25) is 0 Å². The lowest BCUT2D eigenvalue weighted by molar-refractivity contribution is 0.133. The average molecular weight is 353 g/mol. The van der Waals surface area contributed by atoms with Crippen LogP contribution in [0.5, 0.6) is 0 Å². The molecule has 2 aromatic carbocycles. The normalized spacial score (nSPS) is 14.2. The molecule has 3 aromatic rings. The van der Waals surface area contributed by atoms with Crippen molar-refractivity contribution in [2.75, 3.05) is 6.54 Å². The molecule has 140 valence electrons. The highest BCUT2D eigenvalue weighted by Gasteiger charge is 2.25. The zero-order valence-electron chi connectivity index (χ0n) is 16.7. The van der Waals surface area contributed by atoms with Crippen LogP contribution in [0.15, 0.2) is 48.5 Å². The van der Waals surface area contributed by atoms with Crippen LogP contribution < -0.4 is 5.32 Å². The van der Waals surface area contributed by atoms with Gasteiger partial charge < -0.3 is 15.0 Å². The summed E-state index contributed by atoms with van der Waals surface area (Å²) in [6.07, 6.45) is 0.621. The van der Waals surface area contributed by atoms with Crippen LogP contribution in [0.4, 0.5) is 0 Å². The summed E-state index contributed by atoms with van der Waals surface area (Å²) in [6.45, 7) is 12.4. The molecule has 3 rings (SSSR count). The van der Waals surface area contributed by atoms with E-state index in [9.17, 15) is 5.11 Å². The van der Waals surface area contributed by atoms with E-state index >= 15 is 0 Å². The third-order valence-corrected chi connectivity index (χ3v) is 4.86. The summed E-state index contributed by atoms with van der Waals surface area (Å²) < 4.78 is 2.24. The van der Waals surface area contributed by atoms with Crippen LogP contribution >= 0.6 is 0 Å². The molecule has 3 nitrogen and oxygen atoms in total. The summed E-state index contributed by atoms with van der Waals surface area (Å²) in [6, 6.07) is 16.9. The van der Waals surface area contributed by atoms with Gasteiger partial charge in [-0.3, -0.25) is 0 Å². The van der Waals surface area contributed by atoms with Crippen molar-refractivity contribution in [1.29, 1.82) is 0 Å². The van der Waals surface area contributed by atoms with Gasteiger partial charge >= 0.3 is 0 Å². The van der Waals surface area contributed by atoms with E-state index in [1.54, 1.807) is 0 Å². The molecule has 0 spiro atoms. The minimum Gasteiger partial charge on any atom is -0.390 e. The Hall–Kier alpha value is -1.84. The Labute approximate surface area is 157 Å². The number of aliphatic hydroxyl groups is 1. The second-order valence-corrected chi connectivity index (χ2v) is 9.30. The van der Waals surface area contributed by atoms with Crippen molar-refractivity contribution >= 4 is 21.8 Å². The fraction of sp³-hybridized carbons (Fsp3) is 0.478. The first kappa shape index (κ1) is 18.9. The second-order valence-electron chi connectivity index (χ2n) is 9.30. The number of para-hydroxylation sites is 2. The zero-order chi connectivity index (χ0) is 18.9. The molecule has 1 atom stereocenters. The predicted octanol–water partition coefficient (Wildman–Crippen LogP) is 4.96. The van der Waals surface area contributed by atoms with E-state index in [0.717, 1.165) is 6.42 Å². The van der Waals surface area contributed by atoms with Gasteiger partial charge in [0.2, 0.25) is 0 Å². The lowest BCUT2D eigenvalue weighted by Crippen LogP contribution is -2.46. The molecular formula is C23H32N2O. The van der Waals surface area contributed by atoms with Crippen molar-refractivity contribution in [3.05, 3.63) is 48.5 Å². The van der Waals surface area contributed by atoms with Gasteiger partial charge in [0.15, 0.2) is 0 Å². The number of benzene rings is 2. The lowest BCUT2D eigenvalue weighted by atomic mass is 9.82. The fourth-order valence-electron chi connectivity index (χ4n) is 4.26. The van der Waals surface area contributed by atoms with Gasteiger partial charge in [-0.1, -0.05) is 57.2 Å². The van der Waals surface area contributed by atoms with E-state index in [1.165, 1.54) is 21.8 Å². The van der Waals surface area contributed by atoms with E-state index in [0.29, 0.717) is 13.1 Å². The molecule has 0 radical (unpaired) electrons. The monoisotopic (exact) mass is 352 g/mol. The highest BCUT2D eigenvalue weighted by Crippen LogP contribution is 2.29. The van der Waals surface area contributed by atoms with Crippen molar-refractivity contribution in [2.45, 2.75) is 59.2 Å². The third-order valence-electron chi connectivity index (χ3n) is 4.86. The third kappa shape index (κ3) is 4.28. The first-order chi connectivity index (χ1) is 12.2. The van der Waals surface area contributed by atoms with Crippen molar-refractivity contribution in [3.8, 4) is 0 Å². The van der Waals surface area contributed by atoms with Crippen LogP contribution in [0.25, 0.3) is 21.8 Å². The largest absolute Gasteiger partial charge is 0.390 e. The molecule has 1 aromatic heterocycles. The SMILES string of the molecule is CC(C)(C)CC(C)(C)NC[C@@H](O)Cn1c2ccccc2c2ccccc21. The van der Waals surface area contributed by atoms with Gasteiger partial charge in [-0.05, 0) is 37.8 Å². The number of nitrogens with one attached hydrogen (secondary N) is 1. The molecule has 0 saturated heterocycles. The smallest absolute Gasteiger partial charge is 0.0843 e. The highest BCUT2D eigenvalue weighted by atomic mass is 16.3. The summed E-state index contributed by atoms with van der Waals surface area (Å²) >= 11 is 0. The van der Waals surface area contributed by atoms with Crippen LogP contribution in [-0.4, -0.2) is 27.9 Å². The van der Waals surface area contributed by atoms with E-state index in [1.807, 2.05) is 0 Å². The summed E-state index contributed by atoms with van der Waals surface area (Å²) in [5, 5.41) is 16.8. The topological polar surface area (TPSA) is 37.2 Å². The Balaban J connectivity index is 1.78. The lowest BCUT2D eigenvalue weighted by Gasteiger charge is -2.34. The first-order valence-electron chi connectivity index (χ1n) is 9.55. The van der Waals surface area contributed by atoms with Crippen molar-refractivity contribution < 1.29 is 5.11 Å². The minimum atomic E-state index is -0.437. The molecule has 0 aliphatic carbocycles. The van der Waals surface area contributed by atoms with E-state index < -0.39 is 6.10 Å². The van der Waals surface area contributed by atoms with Gasteiger partial charge in [-0.2, -0.15) is 0 Å². The molecule has 3 heteroatoms. The molecule has 2 N–H and O–H groups in total. The number of β-amino-alcohol motifs (C(OH)–C–C–N with tert-alkyl or cyclic N) is 1. The first-order valence-corrected chi connectivity index (χ1v) is 9.55. The van der Waals surface area contributed by atoms with E-state index in [-0.39, 0.29) is 11.0 Å². The van der Waals surface area contributed by atoms with Crippen LogP contribution in [0, 0.1) is 5.41 Å². The number of rotatable bonds is 6. The van der Waals surface area contributed by atoms with Gasteiger partial charge in [0, 0.05) is 33.9 Å². The maximum Gasteiger partial charge on any atom is 0.0843 e. The van der Waals surface area contributed by atoms with Crippen molar-refractivity contribution in [2.24, 2.45) is 5.41 Å². The van der Waals surface area contributed by atoms with Gasteiger partial charge in [0.1, 0.15) is 0 Å².